The fourth-order valence-electron chi connectivity index (χ4n) is 2.47. The molecule has 7 heteroatoms. The molecule has 0 unspecified atom stereocenters. The summed E-state index contributed by atoms with van der Waals surface area (Å²) in [6.07, 6.45) is 2.56. The van der Waals surface area contributed by atoms with Gasteiger partial charge in [-0.15, -0.1) is 0 Å². The lowest BCUT2D eigenvalue weighted by atomic mass is 10.2. The van der Waals surface area contributed by atoms with Crippen LogP contribution in [0.3, 0.4) is 0 Å². The minimum absolute atomic E-state index is 0.157. The van der Waals surface area contributed by atoms with Crippen LogP contribution < -0.4 is 4.90 Å². The van der Waals surface area contributed by atoms with Crippen molar-refractivity contribution in [2.45, 2.75) is 12.8 Å². The standard InChI is InChI=1S/C15H19N5O2/c1-19-8-10-20(11-9-19)14(21)6-5-13-17-15(18-22-13)12-4-2-3-7-16-12/h2-4,7H,5-6,8-11H2,1H3/p+1. The van der Waals surface area contributed by atoms with Gasteiger partial charge in [-0.3, -0.25) is 9.78 Å². The number of carbonyl (C=O) groups excluding carboxylic acids is 1. The third-order valence-corrected chi connectivity index (χ3v) is 3.88. The molecule has 1 fully saturated rings. The molecule has 1 aliphatic rings. The zero-order valence-corrected chi connectivity index (χ0v) is 12.7. The highest BCUT2D eigenvalue weighted by Crippen LogP contribution is 2.13. The van der Waals surface area contributed by atoms with Crippen molar-refractivity contribution < 1.29 is 14.2 Å². The fourth-order valence-corrected chi connectivity index (χ4v) is 2.47. The van der Waals surface area contributed by atoms with Crippen LogP contribution in [0.2, 0.25) is 0 Å². The Morgan fingerprint density at radius 2 is 2.18 bits per heavy atom. The van der Waals surface area contributed by atoms with Gasteiger partial charge < -0.3 is 14.3 Å². The summed E-state index contributed by atoms with van der Waals surface area (Å²) in [6, 6.07) is 5.53. The van der Waals surface area contributed by atoms with Gasteiger partial charge in [-0.2, -0.15) is 4.98 Å². The van der Waals surface area contributed by atoms with Crippen molar-refractivity contribution in [3.8, 4) is 11.5 Å². The highest BCUT2D eigenvalue weighted by atomic mass is 16.5. The summed E-state index contributed by atoms with van der Waals surface area (Å²) in [6.45, 7) is 3.67. The quantitative estimate of drug-likeness (QED) is 0.818. The molecule has 0 aliphatic carbocycles. The summed E-state index contributed by atoms with van der Waals surface area (Å²) in [5, 5.41) is 3.91. The largest absolute Gasteiger partial charge is 0.339 e. The molecule has 1 saturated heterocycles. The first-order valence-corrected chi connectivity index (χ1v) is 7.55. The van der Waals surface area contributed by atoms with Gasteiger partial charge in [0, 0.05) is 19.0 Å². The van der Waals surface area contributed by atoms with E-state index in [0.29, 0.717) is 30.3 Å². The van der Waals surface area contributed by atoms with Crippen molar-refractivity contribution in [3.63, 3.8) is 0 Å². The molecule has 22 heavy (non-hydrogen) atoms. The lowest BCUT2D eigenvalue weighted by Gasteiger charge is -2.30. The van der Waals surface area contributed by atoms with Gasteiger partial charge in [0.2, 0.25) is 17.6 Å². The van der Waals surface area contributed by atoms with E-state index in [4.69, 9.17) is 4.52 Å². The minimum Gasteiger partial charge on any atom is -0.339 e. The molecule has 2 aromatic heterocycles. The summed E-state index contributed by atoms with van der Waals surface area (Å²) in [7, 11) is 2.15. The summed E-state index contributed by atoms with van der Waals surface area (Å²) >= 11 is 0. The number of nitrogens with zero attached hydrogens (tertiary/aromatic N) is 4. The molecule has 1 amide bonds. The van der Waals surface area contributed by atoms with E-state index in [1.807, 2.05) is 23.1 Å². The molecule has 1 N–H and O–H groups in total. The first kappa shape index (κ1) is 14.6. The van der Waals surface area contributed by atoms with E-state index >= 15 is 0 Å². The van der Waals surface area contributed by atoms with Crippen LogP contribution in [0.1, 0.15) is 12.3 Å². The van der Waals surface area contributed by atoms with Gasteiger partial charge in [0.25, 0.3) is 0 Å². The van der Waals surface area contributed by atoms with Gasteiger partial charge >= 0.3 is 0 Å². The van der Waals surface area contributed by atoms with Crippen molar-refractivity contribution in [1.29, 1.82) is 0 Å². The maximum atomic E-state index is 12.2. The predicted octanol–water partition coefficient (Wildman–Crippen LogP) is -0.579. The summed E-state index contributed by atoms with van der Waals surface area (Å²) in [5.41, 5.74) is 0.672. The second kappa shape index (κ2) is 6.65. The Kier molecular flexibility index (Phi) is 4.43. The van der Waals surface area contributed by atoms with Gasteiger partial charge in [-0.25, -0.2) is 0 Å². The van der Waals surface area contributed by atoms with E-state index in [1.165, 1.54) is 4.90 Å². The zero-order chi connectivity index (χ0) is 15.4. The van der Waals surface area contributed by atoms with Crippen LogP contribution in [0, 0.1) is 0 Å². The van der Waals surface area contributed by atoms with Gasteiger partial charge in [-0.05, 0) is 12.1 Å². The maximum absolute atomic E-state index is 12.2. The number of likely N-dealkylation sites (N-methyl/N-ethyl adjacent to an activating group) is 1. The van der Waals surface area contributed by atoms with E-state index < -0.39 is 0 Å². The molecular formula is C15H20N5O2+. The lowest BCUT2D eigenvalue weighted by Crippen LogP contribution is -3.12. The van der Waals surface area contributed by atoms with E-state index in [-0.39, 0.29) is 5.91 Å². The van der Waals surface area contributed by atoms with E-state index in [0.717, 1.165) is 26.2 Å². The zero-order valence-electron chi connectivity index (χ0n) is 12.7. The maximum Gasteiger partial charge on any atom is 0.227 e. The third-order valence-electron chi connectivity index (χ3n) is 3.88. The van der Waals surface area contributed by atoms with Crippen LogP contribution in [0.4, 0.5) is 0 Å². The Labute approximate surface area is 128 Å². The Morgan fingerprint density at radius 3 is 2.91 bits per heavy atom. The number of piperazine rings is 1. The summed E-state index contributed by atoms with van der Waals surface area (Å²) in [4.78, 5) is 24.0. The predicted molar refractivity (Wildman–Crippen MR) is 79.1 cm³/mol. The molecule has 0 aromatic carbocycles. The second-order valence-electron chi connectivity index (χ2n) is 5.56. The number of aromatic nitrogens is 3. The average Bonchev–Trinajstić information content (AvgIpc) is 3.03. The Balaban J connectivity index is 1.54. The Bertz CT molecular complexity index is 620. The van der Waals surface area contributed by atoms with Gasteiger partial charge in [0.1, 0.15) is 5.69 Å². The van der Waals surface area contributed by atoms with Crippen LogP contribution >= 0.6 is 0 Å². The third kappa shape index (κ3) is 3.48. The number of rotatable bonds is 4. The first-order chi connectivity index (χ1) is 10.7. The van der Waals surface area contributed by atoms with Crippen molar-refractivity contribution in [3.05, 3.63) is 30.3 Å². The van der Waals surface area contributed by atoms with Crippen molar-refractivity contribution in [1.82, 2.24) is 20.0 Å². The Hall–Kier alpha value is -2.28. The average molecular weight is 302 g/mol. The van der Waals surface area contributed by atoms with Crippen LogP contribution in [0.15, 0.2) is 28.9 Å². The highest BCUT2D eigenvalue weighted by Gasteiger charge is 2.21. The SMILES string of the molecule is C[NH+]1CCN(C(=O)CCc2nc(-c3ccccn3)no2)CC1. The van der Waals surface area contributed by atoms with Gasteiger partial charge in [0.05, 0.1) is 33.2 Å². The van der Waals surface area contributed by atoms with Crippen LogP contribution in [0.25, 0.3) is 11.5 Å². The molecule has 0 saturated carbocycles. The Morgan fingerprint density at radius 1 is 1.36 bits per heavy atom. The molecule has 7 nitrogen and oxygen atoms in total. The molecule has 1 aliphatic heterocycles. The molecule has 0 spiro atoms. The monoisotopic (exact) mass is 302 g/mol. The normalized spacial score (nSPS) is 16.0. The lowest BCUT2D eigenvalue weighted by molar-refractivity contribution is -0.883. The number of amides is 1. The number of nitrogens with one attached hydrogen (secondary N) is 1. The molecule has 0 atom stereocenters. The first-order valence-electron chi connectivity index (χ1n) is 7.55. The molecule has 0 bridgehead atoms. The molecule has 116 valence electrons. The molecule has 0 radical (unpaired) electrons. The molecule has 3 heterocycles. The minimum atomic E-state index is 0.157. The number of carbonyl (C=O) groups is 1. The molecule has 2 aromatic rings. The highest BCUT2D eigenvalue weighted by molar-refractivity contribution is 5.76. The number of quaternary nitrogens is 1. The summed E-state index contributed by atoms with van der Waals surface area (Å²) in [5.74, 6) is 1.10. The number of pyridine rings is 1. The summed E-state index contributed by atoms with van der Waals surface area (Å²) < 4.78 is 5.20. The fraction of sp³-hybridized carbons (Fsp3) is 0.467. The number of hydrogen-bond donors (Lipinski definition) is 1. The van der Waals surface area contributed by atoms with Gasteiger partial charge in [0.15, 0.2) is 0 Å². The smallest absolute Gasteiger partial charge is 0.227 e. The van der Waals surface area contributed by atoms with Crippen molar-refractivity contribution >= 4 is 5.91 Å². The van der Waals surface area contributed by atoms with E-state index in [1.54, 1.807) is 6.20 Å². The molecular weight excluding hydrogens is 282 g/mol. The van der Waals surface area contributed by atoms with Crippen molar-refractivity contribution in [2.75, 3.05) is 33.2 Å². The molecule has 3 rings (SSSR count). The number of hydrogen-bond acceptors (Lipinski definition) is 5. The topological polar surface area (TPSA) is 76.6 Å². The van der Waals surface area contributed by atoms with Gasteiger partial charge in [-0.1, -0.05) is 11.2 Å². The van der Waals surface area contributed by atoms with Crippen LogP contribution in [-0.4, -0.2) is 59.2 Å². The van der Waals surface area contributed by atoms with E-state index in [9.17, 15) is 4.79 Å². The number of aryl methyl sites for hydroxylation is 1. The van der Waals surface area contributed by atoms with Crippen LogP contribution in [-0.2, 0) is 11.2 Å². The van der Waals surface area contributed by atoms with Crippen molar-refractivity contribution in [2.24, 2.45) is 0 Å². The second-order valence-corrected chi connectivity index (χ2v) is 5.56. The van der Waals surface area contributed by atoms with Crippen LogP contribution in [0.5, 0.6) is 0 Å². The van der Waals surface area contributed by atoms with E-state index in [2.05, 4.69) is 22.2 Å².